The predicted octanol–water partition coefficient (Wildman–Crippen LogP) is 2.06. The lowest BCUT2D eigenvalue weighted by Crippen LogP contribution is -2.36. The first-order valence-corrected chi connectivity index (χ1v) is 7.00. The van der Waals surface area contributed by atoms with E-state index in [0.717, 1.165) is 5.75 Å². The van der Waals surface area contributed by atoms with Gasteiger partial charge in [-0.25, -0.2) is 4.98 Å². The van der Waals surface area contributed by atoms with Gasteiger partial charge in [0.2, 0.25) is 5.91 Å². The van der Waals surface area contributed by atoms with Crippen LogP contribution in [-0.2, 0) is 4.79 Å². The minimum atomic E-state index is -0.488. The van der Waals surface area contributed by atoms with Crippen LogP contribution in [0.25, 0.3) is 0 Å². The Morgan fingerprint density at radius 3 is 2.94 bits per heavy atom. The molecule has 0 radical (unpaired) electrons. The SMILES string of the molecule is CSCC[C@H](N)C(=O)Nc1ccc(Cl)nc1C. The number of pyridine rings is 1. The van der Waals surface area contributed by atoms with Crippen molar-refractivity contribution < 1.29 is 4.79 Å². The van der Waals surface area contributed by atoms with E-state index in [4.69, 9.17) is 17.3 Å². The van der Waals surface area contributed by atoms with E-state index in [1.807, 2.05) is 6.26 Å². The summed E-state index contributed by atoms with van der Waals surface area (Å²) in [6, 6.07) is 2.87. The van der Waals surface area contributed by atoms with Crippen molar-refractivity contribution in [1.82, 2.24) is 4.98 Å². The standard InChI is InChI=1S/C11H16ClN3OS/c1-7-9(3-4-10(12)14-7)15-11(16)8(13)5-6-17-2/h3-4,8H,5-6,13H2,1-2H3,(H,15,16)/t8-/m0/s1. The van der Waals surface area contributed by atoms with Gasteiger partial charge in [-0.15, -0.1) is 0 Å². The van der Waals surface area contributed by atoms with Crippen LogP contribution in [0, 0.1) is 6.92 Å². The van der Waals surface area contributed by atoms with E-state index in [9.17, 15) is 4.79 Å². The number of amides is 1. The monoisotopic (exact) mass is 273 g/mol. The lowest BCUT2D eigenvalue weighted by molar-refractivity contribution is -0.117. The van der Waals surface area contributed by atoms with Crippen LogP contribution < -0.4 is 11.1 Å². The molecule has 4 nitrogen and oxygen atoms in total. The highest BCUT2D eigenvalue weighted by Gasteiger charge is 2.14. The highest BCUT2D eigenvalue weighted by atomic mass is 35.5. The minimum absolute atomic E-state index is 0.189. The summed E-state index contributed by atoms with van der Waals surface area (Å²) in [6.07, 6.45) is 2.64. The smallest absolute Gasteiger partial charge is 0.241 e. The molecule has 1 heterocycles. The van der Waals surface area contributed by atoms with Crippen molar-refractivity contribution in [2.75, 3.05) is 17.3 Å². The number of nitrogens with zero attached hydrogens (tertiary/aromatic N) is 1. The zero-order chi connectivity index (χ0) is 12.8. The van der Waals surface area contributed by atoms with Crippen molar-refractivity contribution in [2.24, 2.45) is 5.73 Å². The van der Waals surface area contributed by atoms with Gasteiger partial charge >= 0.3 is 0 Å². The molecule has 0 aliphatic carbocycles. The van der Waals surface area contributed by atoms with Crippen LogP contribution in [0.5, 0.6) is 0 Å². The summed E-state index contributed by atoms with van der Waals surface area (Å²) in [4.78, 5) is 15.8. The number of aryl methyl sites for hydroxylation is 1. The van der Waals surface area contributed by atoms with Crippen LogP contribution in [0.2, 0.25) is 5.15 Å². The molecule has 0 saturated carbocycles. The molecule has 1 aromatic heterocycles. The van der Waals surface area contributed by atoms with Crippen molar-refractivity contribution in [3.8, 4) is 0 Å². The van der Waals surface area contributed by atoms with Crippen molar-refractivity contribution in [2.45, 2.75) is 19.4 Å². The second kappa shape index (κ2) is 6.83. The van der Waals surface area contributed by atoms with E-state index in [1.165, 1.54) is 0 Å². The number of carbonyl (C=O) groups excluding carboxylic acids is 1. The number of halogens is 1. The van der Waals surface area contributed by atoms with Gasteiger partial charge < -0.3 is 11.1 Å². The molecule has 1 atom stereocenters. The van der Waals surface area contributed by atoms with Gasteiger partial charge in [0.15, 0.2) is 0 Å². The summed E-state index contributed by atoms with van der Waals surface area (Å²) in [7, 11) is 0. The zero-order valence-corrected chi connectivity index (χ0v) is 11.4. The Labute approximate surface area is 110 Å². The highest BCUT2D eigenvalue weighted by Crippen LogP contribution is 2.16. The normalized spacial score (nSPS) is 12.2. The van der Waals surface area contributed by atoms with E-state index in [-0.39, 0.29) is 5.91 Å². The largest absolute Gasteiger partial charge is 0.323 e. The fourth-order valence-electron chi connectivity index (χ4n) is 1.26. The number of thioether (sulfide) groups is 1. The Balaban J connectivity index is 2.61. The first-order chi connectivity index (χ1) is 8.04. The number of hydrogen-bond donors (Lipinski definition) is 2. The zero-order valence-electron chi connectivity index (χ0n) is 9.87. The molecule has 0 fully saturated rings. The Morgan fingerprint density at radius 1 is 1.65 bits per heavy atom. The number of rotatable bonds is 5. The topological polar surface area (TPSA) is 68.0 Å². The Morgan fingerprint density at radius 2 is 2.35 bits per heavy atom. The van der Waals surface area contributed by atoms with E-state index >= 15 is 0 Å². The maximum atomic E-state index is 11.7. The molecule has 1 aromatic rings. The minimum Gasteiger partial charge on any atom is -0.323 e. The summed E-state index contributed by atoms with van der Waals surface area (Å²) in [5.74, 6) is 0.679. The van der Waals surface area contributed by atoms with Gasteiger partial charge in [0.1, 0.15) is 5.15 Å². The fourth-order valence-corrected chi connectivity index (χ4v) is 1.94. The van der Waals surface area contributed by atoms with Crippen LogP contribution in [0.3, 0.4) is 0 Å². The lowest BCUT2D eigenvalue weighted by Gasteiger charge is -2.12. The number of aromatic nitrogens is 1. The third-order valence-corrected chi connectivity index (χ3v) is 3.13. The molecule has 0 aliphatic rings. The van der Waals surface area contributed by atoms with Crippen LogP contribution in [0.15, 0.2) is 12.1 Å². The molecule has 1 rings (SSSR count). The fraction of sp³-hybridized carbons (Fsp3) is 0.455. The second-order valence-corrected chi connectivity index (χ2v) is 5.02. The molecule has 0 spiro atoms. The summed E-state index contributed by atoms with van der Waals surface area (Å²) in [5, 5.41) is 3.16. The van der Waals surface area contributed by atoms with Crippen molar-refractivity contribution in [3.63, 3.8) is 0 Å². The summed E-state index contributed by atoms with van der Waals surface area (Å²) < 4.78 is 0. The average molecular weight is 274 g/mol. The summed E-state index contributed by atoms with van der Waals surface area (Å²) in [5.41, 5.74) is 7.09. The molecule has 0 unspecified atom stereocenters. The molecule has 0 aliphatic heterocycles. The maximum absolute atomic E-state index is 11.7. The molecule has 1 amide bonds. The predicted molar refractivity (Wildman–Crippen MR) is 73.6 cm³/mol. The van der Waals surface area contributed by atoms with Gasteiger partial charge in [-0.2, -0.15) is 11.8 Å². The van der Waals surface area contributed by atoms with Crippen molar-refractivity contribution in [3.05, 3.63) is 23.0 Å². The molecule has 0 aromatic carbocycles. The lowest BCUT2D eigenvalue weighted by atomic mass is 10.2. The average Bonchev–Trinajstić information content (AvgIpc) is 2.29. The van der Waals surface area contributed by atoms with E-state index in [0.29, 0.717) is 23.0 Å². The van der Waals surface area contributed by atoms with Gasteiger partial charge in [-0.05, 0) is 37.5 Å². The van der Waals surface area contributed by atoms with E-state index in [1.54, 1.807) is 30.8 Å². The Bertz CT molecular complexity index is 400. The first kappa shape index (κ1) is 14.3. The number of anilines is 1. The molecule has 94 valence electrons. The van der Waals surface area contributed by atoms with Gasteiger partial charge in [-0.3, -0.25) is 4.79 Å². The second-order valence-electron chi connectivity index (χ2n) is 3.64. The molecular formula is C11H16ClN3OS. The number of nitrogens with two attached hydrogens (primary N) is 1. The molecule has 0 bridgehead atoms. The molecule has 17 heavy (non-hydrogen) atoms. The summed E-state index contributed by atoms with van der Waals surface area (Å²) >= 11 is 7.40. The Kier molecular flexibility index (Phi) is 5.74. The number of carbonyl (C=O) groups is 1. The van der Waals surface area contributed by atoms with Gasteiger partial charge in [0.05, 0.1) is 17.4 Å². The molecule has 0 saturated heterocycles. The van der Waals surface area contributed by atoms with Crippen molar-refractivity contribution >= 4 is 35.0 Å². The van der Waals surface area contributed by atoms with Gasteiger partial charge in [-0.1, -0.05) is 11.6 Å². The summed E-state index contributed by atoms with van der Waals surface area (Å²) in [6.45, 7) is 1.79. The quantitative estimate of drug-likeness (QED) is 0.806. The number of hydrogen-bond acceptors (Lipinski definition) is 4. The van der Waals surface area contributed by atoms with E-state index in [2.05, 4.69) is 10.3 Å². The van der Waals surface area contributed by atoms with Gasteiger partial charge in [0.25, 0.3) is 0 Å². The van der Waals surface area contributed by atoms with Crippen molar-refractivity contribution in [1.29, 1.82) is 0 Å². The van der Waals surface area contributed by atoms with E-state index < -0.39 is 6.04 Å². The molecule has 6 heteroatoms. The number of nitrogens with one attached hydrogen (secondary N) is 1. The third kappa shape index (κ3) is 4.53. The Hall–Kier alpha value is -0.780. The molecular weight excluding hydrogens is 258 g/mol. The van der Waals surface area contributed by atoms with Crippen LogP contribution in [0.4, 0.5) is 5.69 Å². The maximum Gasteiger partial charge on any atom is 0.241 e. The van der Waals surface area contributed by atoms with Crippen LogP contribution in [0.1, 0.15) is 12.1 Å². The third-order valence-electron chi connectivity index (χ3n) is 2.28. The molecule has 3 N–H and O–H groups in total. The van der Waals surface area contributed by atoms with Crippen LogP contribution >= 0.6 is 23.4 Å². The first-order valence-electron chi connectivity index (χ1n) is 5.23. The highest BCUT2D eigenvalue weighted by molar-refractivity contribution is 7.98. The van der Waals surface area contributed by atoms with Crippen LogP contribution in [-0.4, -0.2) is 28.9 Å². The van der Waals surface area contributed by atoms with Gasteiger partial charge in [0, 0.05) is 0 Å².